The molecule has 0 unspecified atom stereocenters. The Labute approximate surface area is 242 Å². The first-order chi connectivity index (χ1) is 20.2. The maximum atomic E-state index is 12.2. The van der Waals surface area contributed by atoms with Gasteiger partial charge >= 0.3 is 5.97 Å². The Bertz CT molecular complexity index is 1370. The van der Waals surface area contributed by atoms with Crippen LogP contribution in [0.25, 0.3) is 11.1 Å². The van der Waals surface area contributed by atoms with Gasteiger partial charge in [0.25, 0.3) is 0 Å². The fourth-order valence-corrected chi connectivity index (χ4v) is 5.79. The van der Waals surface area contributed by atoms with Crippen LogP contribution in [-0.2, 0) is 4.79 Å². The summed E-state index contributed by atoms with van der Waals surface area (Å²) in [6.45, 7) is 3.92. The first-order valence-electron chi connectivity index (χ1n) is 15.1. The second-order valence-electron chi connectivity index (χ2n) is 11.2. The first kappa shape index (κ1) is 27.4. The highest BCUT2D eigenvalue weighted by Crippen LogP contribution is 2.40. The largest absolute Gasteiger partial charge is 0.492 e. The van der Waals surface area contributed by atoms with Crippen molar-refractivity contribution in [2.24, 2.45) is 5.92 Å². The highest BCUT2D eigenvalue weighted by atomic mass is 16.7. The number of fused-ring (bicyclic) bond motifs is 1. The van der Waals surface area contributed by atoms with E-state index in [1.165, 1.54) is 37.7 Å². The van der Waals surface area contributed by atoms with Gasteiger partial charge in [0.15, 0.2) is 11.5 Å². The molecular weight excluding hydrogens is 514 g/mol. The van der Waals surface area contributed by atoms with Crippen molar-refractivity contribution in [1.29, 1.82) is 0 Å². The van der Waals surface area contributed by atoms with E-state index in [2.05, 4.69) is 48.6 Å². The van der Waals surface area contributed by atoms with Gasteiger partial charge in [-0.3, -0.25) is 4.79 Å². The molecular formula is C35H39NO5. The van der Waals surface area contributed by atoms with E-state index >= 15 is 0 Å². The summed E-state index contributed by atoms with van der Waals surface area (Å²) in [6, 6.07) is 23.0. The summed E-state index contributed by atoms with van der Waals surface area (Å²) < 4.78 is 22.9. The molecule has 6 heteroatoms. The van der Waals surface area contributed by atoms with Crippen molar-refractivity contribution in [3.63, 3.8) is 0 Å². The Kier molecular flexibility index (Phi) is 8.57. The molecule has 3 aromatic rings. The van der Waals surface area contributed by atoms with Gasteiger partial charge in [-0.05, 0) is 96.3 Å². The highest BCUT2D eigenvalue weighted by Gasteiger charge is 2.31. The van der Waals surface area contributed by atoms with Crippen molar-refractivity contribution in [3.05, 3.63) is 83.4 Å². The smallest absolute Gasteiger partial charge is 0.314 e. The van der Waals surface area contributed by atoms with Gasteiger partial charge in [-0.2, -0.15) is 0 Å². The van der Waals surface area contributed by atoms with Crippen LogP contribution in [0, 0.1) is 5.92 Å². The predicted molar refractivity (Wildman–Crippen MR) is 160 cm³/mol. The fraction of sp³-hybridized carbons (Fsp3) is 0.400. The Morgan fingerprint density at radius 2 is 1.46 bits per heavy atom. The molecule has 1 heterocycles. The number of allylic oxidation sites excluding steroid dienone is 1. The molecule has 41 heavy (non-hydrogen) atoms. The number of rotatable bonds is 11. The second kappa shape index (κ2) is 12.8. The Hall–Kier alpha value is -3.77. The second-order valence-corrected chi connectivity index (χ2v) is 11.2. The zero-order valence-corrected chi connectivity index (χ0v) is 23.8. The standard InChI is InChI=1S/C35H39NO5/c1-2-31(27-14-19-32-33(22-27)40-23-39-32)34(25-12-17-30(18-13-25)41-35(37)26-8-9-26)24-10-15-29(16-11-24)38-21-20-36-28-6-4-3-5-7-28/h10-19,22,26,28,36H,2-9,20-21,23H2,1H3/b34-31+. The average molecular weight is 554 g/mol. The number of esters is 1. The quantitative estimate of drug-likeness (QED) is 0.116. The zero-order valence-electron chi connectivity index (χ0n) is 23.8. The minimum Gasteiger partial charge on any atom is -0.492 e. The highest BCUT2D eigenvalue weighted by molar-refractivity contribution is 5.99. The predicted octanol–water partition coefficient (Wildman–Crippen LogP) is 7.40. The van der Waals surface area contributed by atoms with Crippen LogP contribution in [0.15, 0.2) is 66.7 Å². The van der Waals surface area contributed by atoms with Gasteiger partial charge in [0.1, 0.15) is 18.1 Å². The molecule has 6 rings (SSSR count). The normalized spacial score (nSPS) is 17.2. The van der Waals surface area contributed by atoms with Crippen LogP contribution < -0.4 is 24.3 Å². The molecule has 3 aromatic carbocycles. The van der Waals surface area contributed by atoms with E-state index in [0.29, 0.717) is 18.4 Å². The summed E-state index contributed by atoms with van der Waals surface area (Å²) in [5.74, 6) is 2.91. The monoisotopic (exact) mass is 553 g/mol. The lowest BCUT2D eigenvalue weighted by Crippen LogP contribution is -2.34. The lowest BCUT2D eigenvalue weighted by atomic mass is 9.88. The third kappa shape index (κ3) is 6.76. The molecule has 2 aliphatic carbocycles. The number of nitrogens with one attached hydrogen (secondary N) is 1. The van der Waals surface area contributed by atoms with Crippen molar-refractivity contribution in [2.75, 3.05) is 19.9 Å². The lowest BCUT2D eigenvalue weighted by Gasteiger charge is -2.22. The third-order valence-electron chi connectivity index (χ3n) is 8.20. The van der Waals surface area contributed by atoms with E-state index in [0.717, 1.165) is 65.3 Å². The van der Waals surface area contributed by atoms with E-state index in [-0.39, 0.29) is 18.7 Å². The number of hydrogen-bond acceptors (Lipinski definition) is 6. The Morgan fingerprint density at radius 3 is 2.15 bits per heavy atom. The van der Waals surface area contributed by atoms with Crippen molar-refractivity contribution < 1.29 is 23.7 Å². The summed E-state index contributed by atoms with van der Waals surface area (Å²) in [7, 11) is 0. The lowest BCUT2D eigenvalue weighted by molar-refractivity contribution is -0.135. The molecule has 0 spiro atoms. The molecule has 1 N–H and O–H groups in total. The number of ether oxygens (including phenoxy) is 4. The van der Waals surface area contributed by atoms with E-state index in [4.69, 9.17) is 18.9 Å². The molecule has 3 aliphatic rings. The van der Waals surface area contributed by atoms with Crippen molar-refractivity contribution in [3.8, 4) is 23.0 Å². The summed E-state index contributed by atoms with van der Waals surface area (Å²) in [5, 5.41) is 3.64. The van der Waals surface area contributed by atoms with Crippen LogP contribution >= 0.6 is 0 Å². The van der Waals surface area contributed by atoms with Crippen LogP contribution in [-0.4, -0.2) is 32.0 Å². The van der Waals surface area contributed by atoms with Gasteiger partial charge in [-0.15, -0.1) is 0 Å². The van der Waals surface area contributed by atoms with E-state index in [9.17, 15) is 4.79 Å². The van der Waals surface area contributed by atoms with Gasteiger partial charge in [-0.1, -0.05) is 56.5 Å². The zero-order chi connectivity index (χ0) is 28.0. The van der Waals surface area contributed by atoms with E-state index in [1.807, 2.05) is 30.3 Å². The van der Waals surface area contributed by atoms with Crippen LogP contribution in [0.1, 0.15) is 75.0 Å². The fourth-order valence-electron chi connectivity index (χ4n) is 5.79. The van der Waals surface area contributed by atoms with Crippen LogP contribution in [0.4, 0.5) is 0 Å². The van der Waals surface area contributed by atoms with E-state index in [1.54, 1.807) is 0 Å². The average Bonchev–Trinajstić information content (AvgIpc) is 3.77. The number of hydrogen-bond donors (Lipinski definition) is 1. The topological polar surface area (TPSA) is 66.0 Å². The number of benzene rings is 3. The van der Waals surface area contributed by atoms with Gasteiger partial charge in [0, 0.05) is 12.6 Å². The number of carbonyl (C=O) groups excluding carboxylic acids is 1. The SMILES string of the molecule is CC/C(=C(/c1ccc(OCCNC2CCCCC2)cc1)c1ccc(OC(=O)C2CC2)cc1)c1ccc2c(c1)OCO2. The van der Waals surface area contributed by atoms with Crippen molar-refractivity contribution >= 4 is 17.1 Å². The van der Waals surface area contributed by atoms with Crippen LogP contribution in [0.5, 0.6) is 23.0 Å². The molecule has 0 radical (unpaired) electrons. The maximum absolute atomic E-state index is 12.2. The summed E-state index contributed by atoms with van der Waals surface area (Å²) in [4.78, 5) is 12.2. The summed E-state index contributed by atoms with van der Waals surface area (Å²) in [5.41, 5.74) is 5.55. The maximum Gasteiger partial charge on any atom is 0.314 e. The van der Waals surface area contributed by atoms with Gasteiger partial charge in [0.2, 0.25) is 6.79 Å². The van der Waals surface area contributed by atoms with Gasteiger partial charge < -0.3 is 24.3 Å². The third-order valence-corrected chi connectivity index (χ3v) is 8.20. The van der Waals surface area contributed by atoms with Gasteiger partial charge in [-0.25, -0.2) is 0 Å². The van der Waals surface area contributed by atoms with Crippen LogP contribution in [0.3, 0.4) is 0 Å². The summed E-state index contributed by atoms with van der Waals surface area (Å²) in [6.07, 6.45) is 9.24. The van der Waals surface area contributed by atoms with Crippen molar-refractivity contribution in [1.82, 2.24) is 5.32 Å². The molecule has 0 aromatic heterocycles. The molecule has 0 saturated heterocycles. The molecule has 0 bridgehead atoms. The van der Waals surface area contributed by atoms with Crippen LogP contribution in [0.2, 0.25) is 0 Å². The molecule has 6 nitrogen and oxygen atoms in total. The van der Waals surface area contributed by atoms with Crippen molar-refractivity contribution in [2.45, 2.75) is 64.3 Å². The molecule has 214 valence electrons. The number of carbonyl (C=O) groups is 1. The molecule has 0 atom stereocenters. The molecule has 2 saturated carbocycles. The Balaban J connectivity index is 1.24. The minimum atomic E-state index is -0.132. The van der Waals surface area contributed by atoms with E-state index < -0.39 is 0 Å². The summed E-state index contributed by atoms with van der Waals surface area (Å²) >= 11 is 0. The molecule has 1 aliphatic heterocycles. The molecule has 2 fully saturated rings. The van der Waals surface area contributed by atoms with Gasteiger partial charge in [0.05, 0.1) is 5.92 Å². The Morgan fingerprint density at radius 1 is 0.805 bits per heavy atom. The minimum absolute atomic E-state index is 0.0617. The first-order valence-corrected chi connectivity index (χ1v) is 15.1. The molecule has 0 amide bonds.